The van der Waals surface area contributed by atoms with Crippen LogP contribution in [-0.4, -0.2) is 6.68 Å². The molecule has 0 fully saturated rings. The topological polar surface area (TPSA) is 38.9 Å². The Kier molecular flexibility index (Phi) is 6.75. The Morgan fingerprint density at radius 3 is 2.29 bits per heavy atom. The molecule has 1 aromatic carbocycles. The fraction of sp³-hybridized carbons (Fsp3) is 0.182. The van der Waals surface area contributed by atoms with E-state index in [0.29, 0.717) is 0 Å². The number of nitrogens with zero attached hydrogens (tertiary/aromatic N) is 1. The first-order chi connectivity index (χ1) is 7.49. The Morgan fingerprint density at radius 2 is 1.71 bits per heavy atom. The zero-order valence-corrected chi connectivity index (χ0v) is 10.8. The van der Waals surface area contributed by atoms with E-state index in [2.05, 4.69) is 57.2 Å². The average Bonchev–Trinajstić information content (AvgIpc) is 2.17. The quantitative estimate of drug-likeness (QED) is 0.739. The second-order valence-electron chi connectivity index (χ2n) is 3.13. The third kappa shape index (κ3) is 5.65. The van der Waals surface area contributed by atoms with Crippen LogP contribution in [0.4, 0.5) is 13.2 Å². The predicted octanol–water partition coefficient (Wildman–Crippen LogP) is 3.77. The molecule has 17 heavy (non-hydrogen) atoms. The van der Waals surface area contributed by atoms with Gasteiger partial charge in [0, 0.05) is 15.9 Å². The van der Waals surface area contributed by atoms with E-state index in [-0.39, 0.29) is 6.15 Å². The number of aromatic nitrogens is 1. The van der Waals surface area contributed by atoms with Crippen molar-refractivity contribution in [3.63, 3.8) is 0 Å². The monoisotopic (exact) mass is 309 g/mol. The minimum absolute atomic E-state index is 0. The van der Waals surface area contributed by atoms with Gasteiger partial charge in [0.1, 0.15) is 7.05 Å². The van der Waals surface area contributed by atoms with Crippen molar-refractivity contribution in [1.82, 2.24) is 6.15 Å². The summed E-state index contributed by atoms with van der Waals surface area (Å²) in [7, 11) is 2.03. The van der Waals surface area contributed by atoms with Crippen LogP contribution < -0.4 is 10.7 Å². The molecule has 0 saturated heterocycles. The van der Waals surface area contributed by atoms with Gasteiger partial charge in [-0.2, -0.15) is 13.2 Å². The SMILES string of the molecule is C[n+]1ccc2cc(Br)ccc2c1.FC(F)F.N. The lowest BCUT2D eigenvalue weighted by atomic mass is 10.2. The van der Waals surface area contributed by atoms with E-state index in [9.17, 15) is 13.2 Å². The van der Waals surface area contributed by atoms with Crippen LogP contribution in [0.2, 0.25) is 0 Å². The number of pyridine rings is 1. The van der Waals surface area contributed by atoms with Gasteiger partial charge in [-0.1, -0.05) is 15.9 Å². The van der Waals surface area contributed by atoms with Crippen molar-refractivity contribution in [2.45, 2.75) is 6.68 Å². The zero-order valence-electron chi connectivity index (χ0n) is 9.21. The van der Waals surface area contributed by atoms with E-state index in [1.54, 1.807) is 0 Å². The summed E-state index contributed by atoms with van der Waals surface area (Å²) in [6.07, 6.45) is 4.16. The summed E-state index contributed by atoms with van der Waals surface area (Å²) in [5, 5.41) is 2.53. The van der Waals surface area contributed by atoms with E-state index in [1.807, 2.05) is 7.05 Å². The summed E-state index contributed by atoms with van der Waals surface area (Å²) < 4.78 is 32.2. The number of benzene rings is 1. The largest absolute Gasteiger partial charge is 0.379 e. The highest BCUT2D eigenvalue weighted by atomic mass is 79.9. The van der Waals surface area contributed by atoms with Gasteiger partial charge in [0.25, 0.3) is 0 Å². The Bertz CT molecular complexity index is 433. The molecular weight excluding hydrogens is 297 g/mol. The molecule has 0 atom stereocenters. The number of rotatable bonds is 0. The van der Waals surface area contributed by atoms with Gasteiger partial charge in [-0.15, -0.1) is 0 Å². The standard InChI is InChI=1S/C10H9BrN.CHF3.H3N/c1-12-5-4-8-6-10(11)3-2-9(8)7-12;2-1(3)4;/h2-7H,1H3;1H;1H3/q+1;;. The second kappa shape index (κ2) is 7.24. The van der Waals surface area contributed by atoms with Gasteiger partial charge >= 0.3 is 6.68 Å². The first kappa shape index (κ1) is 15.9. The van der Waals surface area contributed by atoms with Crippen LogP contribution in [0, 0.1) is 0 Å². The summed E-state index contributed by atoms with van der Waals surface area (Å²) in [5.74, 6) is 0. The van der Waals surface area contributed by atoms with Crippen LogP contribution in [0.5, 0.6) is 0 Å². The second-order valence-corrected chi connectivity index (χ2v) is 4.05. The third-order valence-corrected chi connectivity index (χ3v) is 2.37. The average molecular weight is 310 g/mol. The Labute approximate surface area is 106 Å². The maximum atomic E-state index is 9.67. The van der Waals surface area contributed by atoms with E-state index < -0.39 is 6.68 Å². The van der Waals surface area contributed by atoms with Crippen LogP contribution in [0.3, 0.4) is 0 Å². The van der Waals surface area contributed by atoms with E-state index >= 15 is 0 Å². The van der Waals surface area contributed by atoms with Crippen LogP contribution >= 0.6 is 15.9 Å². The Morgan fingerprint density at radius 1 is 1.12 bits per heavy atom. The van der Waals surface area contributed by atoms with Crippen LogP contribution in [-0.2, 0) is 7.05 Å². The van der Waals surface area contributed by atoms with Gasteiger partial charge in [0.15, 0.2) is 12.4 Å². The first-order valence-electron chi connectivity index (χ1n) is 4.46. The molecule has 0 saturated carbocycles. The molecule has 0 spiro atoms. The molecule has 0 unspecified atom stereocenters. The summed E-state index contributed by atoms with van der Waals surface area (Å²) in [4.78, 5) is 0. The van der Waals surface area contributed by atoms with Crippen molar-refractivity contribution in [2.75, 3.05) is 0 Å². The maximum Gasteiger partial charge on any atom is 0.379 e. The van der Waals surface area contributed by atoms with Crippen molar-refractivity contribution in [3.8, 4) is 0 Å². The van der Waals surface area contributed by atoms with Gasteiger partial charge in [-0.25, -0.2) is 4.57 Å². The highest BCUT2D eigenvalue weighted by molar-refractivity contribution is 9.10. The highest BCUT2D eigenvalue weighted by Crippen LogP contribution is 2.17. The van der Waals surface area contributed by atoms with Gasteiger partial charge in [-0.3, -0.25) is 0 Å². The minimum Gasteiger partial charge on any atom is -0.344 e. The zero-order chi connectivity index (χ0) is 12.1. The molecular formula is C11H13BrF3N2+. The van der Waals surface area contributed by atoms with Gasteiger partial charge in [0.05, 0.1) is 0 Å². The molecule has 0 aliphatic heterocycles. The lowest BCUT2D eigenvalue weighted by Crippen LogP contribution is -2.25. The Balaban J connectivity index is 0.000000453. The number of halogens is 4. The van der Waals surface area contributed by atoms with Crippen molar-refractivity contribution < 1.29 is 17.7 Å². The molecule has 2 aromatic rings. The Hall–Kier alpha value is -1.14. The molecule has 0 bridgehead atoms. The first-order valence-corrected chi connectivity index (χ1v) is 5.25. The molecule has 2 rings (SSSR count). The summed E-state index contributed by atoms with van der Waals surface area (Å²) in [6.45, 7) is -3.67. The molecule has 3 N–H and O–H groups in total. The molecule has 94 valence electrons. The smallest absolute Gasteiger partial charge is 0.344 e. The maximum absolute atomic E-state index is 9.67. The van der Waals surface area contributed by atoms with E-state index in [0.717, 1.165) is 4.47 Å². The molecule has 1 heterocycles. The summed E-state index contributed by atoms with van der Waals surface area (Å²) >= 11 is 3.44. The minimum atomic E-state index is -3.67. The fourth-order valence-corrected chi connectivity index (χ4v) is 1.65. The lowest BCUT2D eigenvalue weighted by molar-refractivity contribution is -0.670. The molecule has 2 nitrogen and oxygen atoms in total. The number of alkyl halides is 3. The fourth-order valence-electron chi connectivity index (χ4n) is 1.27. The van der Waals surface area contributed by atoms with Crippen molar-refractivity contribution in [2.24, 2.45) is 7.05 Å². The summed E-state index contributed by atoms with van der Waals surface area (Å²) in [5.41, 5.74) is 0. The summed E-state index contributed by atoms with van der Waals surface area (Å²) in [6, 6.07) is 8.40. The van der Waals surface area contributed by atoms with Gasteiger partial charge < -0.3 is 6.15 Å². The molecule has 6 heteroatoms. The molecule has 1 aromatic heterocycles. The van der Waals surface area contributed by atoms with E-state index in [4.69, 9.17) is 0 Å². The number of hydrogen-bond donors (Lipinski definition) is 1. The molecule has 0 radical (unpaired) electrons. The van der Waals surface area contributed by atoms with Crippen molar-refractivity contribution in [1.29, 1.82) is 0 Å². The van der Waals surface area contributed by atoms with Crippen LogP contribution in [0.25, 0.3) is 10.8 Å². The van der Waals surface area contributed by atoms with Crippen LogP contribution in [0.1, 0.15) is 0 Å². The third-order valence-electron chi connectivity index (χ3n) is 1.88. The lowest BCUT2D eigenvalue weighted by Gasteiger charge is -1.95. The van der Waals surface area contributed by atoms with Crippen molar-refractivity contribution >= 4 is 26.7 Å². The number of fused-ring (bicyclic) bond motifs is 1. The number of hydrogen-bond acceptors (Lipinski definition) is 1. The normalized spacial score (nSPS) is 9.53. The van der Waals surface area contributed by atoms with Crippen molar-refractivity contribution in [3.05, 3.63) is 41.1 Å². The molecule has 0 aliphatic rings. The highest BCUT2D eigenvalue weighted by Gasteiger charge is 1.97. The predicted molar refractivity (Wildman–Crippen MR) is 65.0 cm³/mol. The molecule has 0 amide bonds. The van der Waals surface area contributed by atoms with Crippen LogP contribution in [0.15, 0.2) is 41.1 Å². The number of aryl methyl sites for hydroxylation is 1. The van der Waals surface area contributed by atoms with Gasteiger partial charge in [-0.05, 0) is 23.6 Å². The van der Waals surface area contributed by atoms with E-state index in [1.165, 1.54) is 10.8 Å². The molecule has 0 aliphatic carbocycles. The van der Waals surface area contributed by atoms with Gasteiger partial charge in [0.2, 0.25) is 0 Å².